The van der Waals surface area contributed by atoms with Crippen molar-refractivity contribution in [2.75, 3.05) is 13.7 Å². The van der Waals surface area contributed by atoms with Gasteiger partial charge in [-0.25, -0.2) is 0 Å². The average molecular weight is 465 g/mol. The lowest BCUT2D eigenvalue weighted by Gasteiger charge is -2.53. The topological polar surface area (TPSA) is 105 Å². The van der Waals surface area contributed by atoms with Gasteiger partial charge in [0.2, 0.25) is 0 Å². The van der Waals surface area contributed by atoms with Crippen molar-refractivity contribution in [2.45, 2.75) is 96.6 Å². The van der Waals surface area contributed by atoms with E-state index >= 15 is 0 Å². The highest BCUT2D eigenvalue weighted by molar-refractivity contribution is 5.75. The molecule has 0 radical (unpaired) electrons. The summed E-state index contributed by atoms with van der Waals surface area (Å²) in [7, 11) is 1.64. The number of methoxy groups -OCH3 is 1. The van der Waals surface area contributed by atoms with Gasteiger partial charge in [-0.1, -0.05) is 38.8 Å². The zero-order valence-corrected chi connectivity index (χ0v) is 20.5. The van der Waals surface area contributed by atoms with Crippen LogP contribution in [0.5, 0.6) is 0 Å². The minimum atomic E-state index is -1.38. The van der Waals surface area contributed by atoms with Crippen molar-refractivity contribution < 1.29 is 34.3 Å². The van der Waals surface area contributed by atoms with E-state index in [2.05, 4.69) is 27.7 Å². The maximum Gasteiger partial charge on any atom is 0.186 e. The summed E-state index contributed by atoms with van der Waals surface area (Å²) in [5.41, 5.74) is 3.35. The van der Waals surface area contributed by atoms with Crippen molar-refractivity contribution in [3.63, 3.8) is 0 Å². The highest BCUT2D eigenvalue weighted by atomic mass is 16.7. The molecule has 2 fully saturated rings. The second-order valence-electron chi connectivity index (χ2n) is 11.3. The van der Waals surface area contributed by atoms with Crippen molar-refractivity contribution in [2.24, 2.45) is 22.7 Å². The summed E-state index contributed by atoms with van der Waals surface area (Å²) in [5, 5.41) is 30.5. The summed E-state index contributed by atoms with van der Waals surface area (Å²) in [4.78, 5) is 12.1. The predicted molar refractivity (Wildman–Crippen MR) is 122 cm³/mol. The van der Waals surface area contributed by atoms with Crippen LogP contribution in [0.25, 0.3) is 0 Å². The monoisotopic (exact) mass is 464 g/mol. The Labute approximate surface area is 196 Å². The number of rotatable bonds is 5. The molecule has 4 rings (SSSR count). The summed E-state index contributed by atoms with van der Waals surface area (Å²) >= 11 is 0. The van der Waals surface area contributed by atoms with Crippen LogP contribution >= 0.6 is 0 Å². The van der Waals surface area contributed by atoms with Crippen molar-refractivity contribution in [1.29, 1.82) is 0 Å². The summed E-state index contributed by atoms with van der Waals surface area (Å²) in [5.74, 6) is 0.600. The van der Waals surface area contributed by atoms with E-state index in [4.69, 9.17) is 14.2 Å². The van der Waals surface area contributed by atoms with Gasteiger partial charge in [-0.3, -0.25) is 4.79 Å². The van der Waals surface area contributed by atoms with Gasteiger partial charge in [0, 0.05) is 18.1 Å². The van der Waals surface area contributed by atoms with E-state index in [1.807, 2.05) is 6.08 Å². The third-order valence-electron chi connectivity index (χ3n) is 8.97. The number of carbonyl (C=O) groups is 1. The molecule has 0 unspecified atom stereocenters. The molecule has 33 heavy (non-hydrogen) atoms. The highest BCUT2D eigenvalue weighted by Crippen LogP contribution is 2.63. The number of carbonyl (C=O) groups excluding carboxylic acids is 1. The van der Waals surface area contributed by atoms with Crippen LogP contribution in [0.4, 0.5) is 0 Å². The van der Waals surface area contributed by atoms with E-state index < -0.39 is 30.7 Å². The van der Waals surface area contributed by atoms with Crippen LogP contribution in [-0.2, 0) is 19.0 Å². The minimum absolute atomic E-state index is 0.124. The number of aliphatic hydroxyl groups is 3. The van der Waals surface area contributed by atoms with Gasteiger partial charge in [-0.15, -0.1) is 0 Å². The van der Waals surface area contributed by atoms with Crippen molar-refractivity contribution >= 4 is 6.29 Å². The second kappa shape index (κ2) is 9.17. The molecule has 1 saturated heterocycles. The zero-order chi connectivity index (χ0) is 24.1. The molecule has 4 aliphatic rings. The van der Waals surface area contributed by atoms with Gasteiger partial charge < -0.3 is 29.5 Å². The van der Waals surface area contributed by atoms with Crippen molar-refractivity contribution in [1.82, 2.24) is 0 Å². The molecule has 7 nitrogen and oxygen atoms in total. The molecule has 1 heterocycles. The SMILES string of the molecule is CO[C@H]1C[C@@H]2C3=C(C(C)C)CC[C@]3(C)CC[C@@]2(C)[C@@H](O[C@@H]2OC[C@@H](O)[C@H](O)[C@H]2O)C=C1C=O. The fourth-order valence-electron chi connectivity index (χ4n) is 6.76. The fraction of sp³-hybridized carbons (Fsp3) is 0.808. The Hall–Kier alpha value is -1.09. The van der Waals surface area contributed by atoms with Crippen molar-refractivity contribution in [3.8, 4) is 0 Å². The maximum atomic E-state index is 12.1. The minimum Gasteiger partial charge on any atom is -0.388 e. The lowest BCUT2D eigenvalue weighted by Crippen LogP contribution is -2.56. The molecular formula is C26H40O7. The number of hydrogen-bond acceptors (Lipinski definition) is 7. The van der Waals surface area contributed by atoms with Crippen LogP contribution in [0.1, 0.15) is 59.8 Å². The standard InChI is InChI=1S/C26H40O7/c1-14(2)16-6-7-25(3)8-9-26(4)17(21(16)25)11-19(31-5)15(12-27)10-20(26)33-24-23(30)22(29)18(28)13-32-24/h10,12,14,17-20,22-24,28-30H,6-9,11,13H2,1-5H3/t17-,18-,19+,20+,22+,23-,24+,25-,26-/m1/s1. The average Bonchev–Trinajstić information content (AvgIpc) is 3.08. The Bertz CT molecular complexity index is 819. The first kappa shape index (κ1) is 25.0. The number of fused-ring (bicyclic) bond motifs is 3. The predicted octanol–water partition coefficient (Wildman–Crippen LogP) is 2.52. The molecule has 0 bridgehead atoms. The number of aliphatic hydroxyl groups excluding tert-OH is 3. The third kappa shape index (κ3) is 4.15. The number of allylic oxidation sites excluding steroid dienone is 2. The van der Waals surface area contributed by atoms with Crippen molar-refractivity contribution in [3.05, 3.63) is 22.8 Å². The Kier molecular flexibility index (Phi) is 6.95. The summed E-state index contributed by atoms with van der Waals surface area (Å²) in [6.45, 7) is 8.97. The molecule has 7 heteroatoms. The van der Waals surface area contributed by atoms with Gasteiger partial charge in [0.1, 0.15) is 24.6 Å². The molecule has 3 N–H and O–H groups in total. The molecule has 0 aromatic heterocycles. The smallest absolute Gasteiger partial charge is 0.186 e. The molecule has 0 aromatic rings. The molecule has 0 amide bonds. The highest BCUT2D eigenvalue weighted by Gasteiger charge is 2.57. The summed E-state index contributed by atoms with van der Waals surface area (Å²) in [6, 6.07) is 0. The molecule has 9 atom stereocenters. The Morgan fingerprint density at radius 2 is 1.88 bits per heavy atom. The van der Waals surface area contributed by atoms with Crippen LogP contribution in [-0.4, -0.2) is 72.1 Å². The Morgan fingerprint density at radius 3 is 2.52 bits per heavy atom. The summed E-state index contributed by atoms with van der Waals surface area (Å²) < 4.78 is 17.8. The van der Waals surface area contributed by atoms with Crippen LogP contribution in [0, 0.1) is 22.7 Å². The zero-order valence-electron chi connectivity index (χ0n) is 20.5. The fourth-order valence-corrected chi connectivity index (χ4v) is 6.76. The van der Waals surface area contributed by atoms with E-state index in [0.717, 1.165) is 32.0 Å². The molecule has 0 spiro atoms. The Balaban J connectivity index is 1.77. The third-order valence-corrected chi connectivity index (χ3v) is 8.97. The number of aldehydes is 1. The normalized spacial score (nSPS) is 46.0. The largest absolute Gasteiger partial charge is 0.388 e. The van der Waals surface area contributed by atoms with Crippen LogP contribution in [0.15, 0.2) is 22.8 Å². The van der Waals surface area contributed by atoms with Gasteiger partial charge in [0.15, 0.2) is 6.29 Å². The van der Waals surface area contributed by atoms with Gasteiger partial charge in [-0.2, -0.15) is 0 Å². The van der Waals surface area contributed by atoms with Gasteiger partial charge in [-0.05, 0) is 55.4 Å². The van der Waals surface area contributed by atoms with Gasteiger partial charge >= 0.3 is 0 Å². The molecular weight excluding hydrogens is 424 g/mol. The first-order valence-corrected chi connectivity index (χ1v) is 12.3. The van der Waals surface area contributed by atoms with Crippen LogP contribution in [0.3, 0.4) is 0 Å². The molecule has 1 aliphatic heterocycles. The van der Waals surface area contributed by atoms with Crippen LogP contribution in [0.2, 0.25) is 0 Å². The van der Waals surface area contributed by atoms with E-state index in [0.29, 0.717) is 17.9 Å². The number of ether oxygens (including phenoxy) is 3. The lowest BCUT2D eigenvalue weighted by molar-refractivity contribution is -0.289. The molecule has 186 valence electrons. The molecule has 3 aliphatic carbocycles. The first-order chi connectivity index (χ1) is 15.6. The van der Waals surface area contributed by atoms with E-state index in [1.165, 1.54) is 11.1 Å². The van der Waals surface area contributed by atoms with Gasteiger partial charge in [0.25, 0.3) is 0 Å². The summed E-state index contributed by atoms with van der Waals surface area (Å²) in [6.07, 6.45) is 1.72. The quantitative estimate of drug-likeness (QED) is 0.424. The van der Waals surface area contributed by atoms with Crippen LogP contribution < -0.4 is 0 Å². The number of hydrogen-bond donors (Lipinski definition) is 3. The van der Waals surface area contributed by atoms with Gasteiger partial charge in [0.05, 0.1) is 18.8 Å². The second-order valence-corrected chi connectivity index (χ2v) is 11.3. The molecule has 1 saturated carbocycles. The maximum absolute atomic E-state index is 12.1. The molecule has 0 aromatic carbocycles. The van der Waals surface area contributed by atoms with E-state index in [-0.39, 0.29) is 29.5 Å². The Morgan fingerprint density at radius 1 is 1.15 bits per heavy atom. The lowest BCUT2D eigenvalue weighted by atomic mass is 9.54. The van der Waals surface area contributed by atoms with E-state index in [9.17, 15) is 20.1 Å². The van der Waals surface area contributed by atoms with E-state index in [1.54, 1.807) is 7.11 Å². The first-order valence-electron chi connectivity index (χ1n) is 12.3.